The zero-order chi connectivity index (χ0) is 28.6. The lowest BCUT2D eigenvalue weighted by Gasteiger charge is -2.29. The Morgan fingerprint density at radius 2 is 1.73 bits per heavy atom. The lowest BCUT2D eigenvalue weighted by Crippen LogP contribution is -2.30. The number of hydrogen-bond donors (Lipinski definition) is 1. The van der Waals surface area contributed by atoms with Crippen LogP contribution in [0.2, 0.25) is 0 Å². The van der Waals surface area contributed by atoms with Crippen LogP contribution in [0, 0.1) is 24.0 Å². The maximum Gasteiger partial charge on any atom is 0.271 e. The number of aromatic nitrogens is 2. The molecule has 206 valence electrons. The Labute approximate surface area is 237 Å². The summed E-state index contributed by atoms with van der Waals surface area (Å²) in [5.74, 6) is 1.78. The number of nitrogens with one attached hydrogen (secondary N) is 1. The van der Waals surface area contributed by atoms with E-state index in [9.17, 15) is 10.1 Å². The largest absolute Gasteiger partial charge is 0.497 e. The second-order valence-corrected chi connectivity index (χ2v) is 9.70. The molecular weight excluding hydrogens is 530 g/mol. The molecule has 0 spiro atoms. The van der Waals surface area contributed by atoms with Crippen LogP contribution < -0.4 is 24.4 Å². The molecule has 5 rings (SSSR count). The van der Waals surface area contributed by atoms with E-state index < -0.39 is 4.92 Å². The molecule has 2 atom stereocenters. The van der Waals surface area contributed by atoms with Crippen LogP contribution in [0.4, 0.5) is 11.4 Å². The Bertz CT molecular complexity index is 1590. The smallest absolute Gasteiger partial charge is 0.271 e. The molecule has 0 unspecified atom stereocenters. The van der Waals surface area contributed by atoms with Crippen molar-refractivity contribution in [2.45, 2.75) is 25.9 Å². The van der Waals surface area contributed by atoms with Crippen molar-refractivity contribution in [2.75, 3.05) is 26.2 Å². The van der Waals surface area contributed by atoms with Gasteiger partial charge in [-0.05, 0) is 68.0 Å². The number of rotatable bonds is 8. The summed E-state index contributed by atoms with van der Waals surface area (Å²) in [7, 11) is 4.76. The first-order chi connectivity index (χ1) is 19.3. The van der Waals surface area contributed by atoms with E-state index in [1.165, 1.54) is 12.1 Å². The quantitative estimate of drug-likeness (QED) is 0.168. The minimum absolute atomic E-state index is 0.0236. The summed E-state index contributed by atoms with van der Waals surface area (Å²) < 4.78 is 18.8. The Morgan fingerprint density at radius 1 is 0.950 bits per heavy atom. The summed E-state index contributed by atoms with van der Waals surface area (Å²) in [6.07, 6.45) is 1.75. The third-order valence-electron chi connectivity index (χ3n) is 7.15. The number of nitrogens with zero attached hydrogens (tertiary/aromatic N) is 4. The molecule has 10 nitrogen and oxygen atoms in total. The van der Waals surface area contributed by atoms with E-state index in [0.717, 1.165) is 28.3 Å². The molecule has 1 saturated heterocycles. The van der Waals surface area contributed by atoms with E-state index in [1.807, 2.05) is 59.7 Å². The van der Waals surface area contributed by atoms with E-state index in [1.54, 1.807) is 33.6 Å². The molecule has 2 aromatic heterocycles. The van der Waals surface area contributed by atoms with Crippen molar-refractivity contribution in [2.24, 2.45) is 0 Å². The van der Waals surface area contributed by atoms with Gasteiger partial charge in [0.05, 0.1) is 55.4 Å². The number of nitro benzene ring substituents is 1. The molecule has 40 heavy (non-hydrogen) atoms. The predicted octanol–water partition coefficient (Wildman–Crippen LogP) is 5.60. The average molecular weight is 560 g/mol. The summed E-state index contributed by atoms with van der Waals surface area (Å²) in [5.41, 5.74) is 4.87. The van der Waals surface area contributed by atoms with Gasteiger partial charge in [-0.25, -0.2) is 0 Å². The zero-order valence-electron chi connectivity index (χ0n) is 22.7. The first kappa shape index (κ1) is 26.9. The lowest BCUT2D eigenvalue weighted by atomic mass is 9.96. The zero-order valence-corrected chi connectivity index (χ0v) is 23.6. The topological polar surface area (TPSA) is 104 Å². The maximum absolute atomic E-state index is 11.6. The predicted molar refractivity (Wildman–Crippen MR) is 156 cm³/mol. The van der Waals surface area contributed by atoms with Crippen molar-refractivity contribution in [1.29, 1.82) is 0 Å². The fourth-order valence-electron chi connectivity index (χ4n) is 5.34. The van der Waals surface area contributed by atoms with Gasteiger partial charge >= 0.3 is 0 Å². The highest BCUT2D eigenvalue weighted by Crippen LogP contribution is 2.47. The van der Waals surface area contributed by atoms with Crippen LogP contribution >= 0.6 is 12.2 Å². The van der Waals surface area contributed by atoms with Crippen molar-refractivity contribution in [3.05, 3.63) is 99.6 Å². The van der Waals surface area contributed by atoms with Crippen LogP contribution in [0.5, 0.6) is 17.2 Å². The molecule has 0 saturated carbocycles. The van der Waals surface area contributed by atoms with Gasteiger partial charge in [-0.1, -0.05) is 6.07 Å². The maximum atomic E-state index is 11.6. The molecule has 1 fully saturated rings. The molecule has 4 aromatic rings. The number of non-ortho nitro benzene ring substituents is 1. The van der Waals surface area contributed by atoms with Crippen LogP contribution in [-0.2, 0) is 0 Å². The molecule has 0 amide bonds. The average Bonchev–Trinajstić information content (AvgIpc) is 3.46. The van der Waals surface area contributed by atoms with Crippen molar-refractivity contribution in [3.63, 3.8) is 0 Å². The lowest BCUT2D eigenvalue weighted by molar-refractivity contribution is -0.384. The summed E-state index contributed by atoms with van der Waals surface area (Å²) >= 11 is 5.91. The number of pyridine rings is 1. The minimum atomic E-state index is -0.411. The van der Waals surface area contributed by atoms with E-state index in [-0.39, 0.29) is 17.8 Å². The first-order valence-corrected chi connectivity index (χ1v) is 12.9. The number of anilines is 1. The van der Waals surface area contributed by atoms with Gasteiger partial charge in [-0.15, -0.1) is 0 Å². The van der Waals surface area contributed by atoms with Crippen molar-refractivity contribution in [3.8, 4) is 22.9 Å². The number of thiocarbonyl (C=S) groups is 1. The highest BCUT2D eigenvalue weighted by atomic mass is 32.1. The standard InChI is InChI=1S/C29H29N5O5S/c1-17-14-21(18(2)32(17)24-15-19(34(35)36)9-12-25(24)38-4)28-27(22-8-6-7-13-30-22)31-29(40)33(28)23-11-10-20(37-3)16-26(23)39-5/h6-16,27-28H,1-5H3,(H,31,40)/t27-,28+/m0/s1. The molecular formula is C29H29N5O5S. The SMILES string of the molecule is COc1ccc(N2C(=S)N[C@@H](c3ccccn3)[C@H]2c2cc(C)n(-c3cc([N+](=O)[O-])ccc3OC)c2C)c(OC)c1. The van der Waals surface area contributed by atoms with E-state index >= 15 is 0 Å². The third-order valence-corrected chi connectivity index (χ3v) is 7.46. The molecule has 1 N–H and O–H groups in total. The van der Waals surface area contributed by atoms with Gasteiger partial charge in [0.25, 0.3) is 5.69 Å². The molecule has 2 aromatic carbocycles. The van der Waals surface area contributed by atoms with Crippen LogP contribution in [-0.4, -0.2) is 40.9 Å². The Hall–Kier alpha value is -4.64. The van der Waals surface area contributed by atoms with Crippen LogP contribution in [0.1, 0.15) is 34.7 Å². The molecule has 3 heterocycles. The highest BCUT2D eigenvalue weighted by Gasteiger charge is 2.43. The number of hydrogen-bond acceptors (Lipinski definition) is 7. The second kappa shape index (κ2) is 10.9. The van der Waals surface area contributed by atoms with Crippen LogP contribution in [0.15, 0.2) is 66.9 Å². The molecule has 1 aliphatic rings. The Balaban J connectivity index is 1.73. The molecule has 11 heteroatoms. The highest BCUT2D eigenvalue weighted by molar-refractivity contribution is 7.80. The van der Waals surface area contributed by atoms with Gasteiger partial charge in [0.1, 0.15) is 17.2 Å². The van der Waals surface area contributed by atoms with E-state index in [0.29, 0.717) is 28.0 Å². The van der Waals surface area contributed by atoms with Gasteiger partial charge < -0.3 is 29.0 Å². The van der Waals surface area contributed by atoms with Gasteiger partial charge in [-0.2, -0.15) is 0 Å². The molecule has 1 aliphatic heterocycles. The van der Waals surface area contributed by atoms with Gasteiger partial charge in [0.2, 0.25) is 0 Å². The third kappa shape index (κ3) is 4.58. The molecule has 0 bridgehead atoms. The Kier molecular flexibility index (Phi) is 7.31. The number of ether oxygens (including phenoxy) is 3. The number of benzene rings is 2. The second-order valence-electron chi connectivity index (χ2n) is 9.31. The van der Waals surface area contributed by atoms with Crippen molar-refractivity contribution >= 4 is 28.7 Å². The fourth-order valence-corrected chi connectivity index (χ4v) is 5.68. The van der Waals surface area contributed by atoms with Gasteiger partial charge in [0.15, 0.2) is 5.11 Å². The summed E-state index contributed by atoms with van der Waals surface area (Å²) in [5, 5.41) is 15.6. The van der Waals surface area contributed by atoms with Crippen LogP contribution in [0.3, 0.4) is 0 Å². The molecule has 0 aliphatic carbocycles. The van der Waals surface area contributed by atoms with Crippen molar-refractivity contribution in [1.82, 2.24) is 14.9 Å². The summed E-state index contributed by atoms with van der Waals surface area (Å²) in [6, 6.07) is 17.4. The first-order valence-electron chi connectivity index (χ1n) is 12.5. The molecule has 0 radical (unpaired) electrons. The van der Waals surface area contributed by atoms with Crippen molar-refractivity contribution < 1.29 is 19.1 Å². The van der Waals surface area contributed by atoms with Gasteiger partial charge in [-0.3, -0.25) is 15.1 Å². The fraction of sp³-hybridized carbons (Fsp3) is 0.241. The van der Waals surface area contributed by atoms with E-state index in [2.05, 4.69) is 16.4 Å². The number of aryl methyl sites for hydroxylation is 1. The summed E-state index contributed by atoms with van der Waals surface area (Å²) in [6.45, 7) is 3.95. The summed E-state index contributed by atoms with van der Waals surface area (Å²) in [4.78, 5) is 17.9. The Morgan fingerprint density at radius 3 is 2.38 bits per heavy atom. The van der Waals surface area contributed by atoms with E-state index in [4.69, 9.17) is 26.4 Å². The number of methoxy groups -OCH3 is 3. The monoisotopic (exact) mass is 559 g/mol. The normalized spacial score (nSPS) is 16.5. The number of nitro groups is 1. The van der Waals surface area contributed by atoms with Crippen LogP contribution in [0.25, 0.3) is 5.69 Å². The van der Waals surface area contributed by atoms with Gasteiger partial charge in [0, 0.05) is 35.8 Å². The minimum Gasteiger partial charge on any atom is -0.497 e.